The summed E-state index contributed by atoms with van der Waals surface area (Å²) in [6.07, 6.45) is 1.98. The lowest BCUT2D eigenvalue weighted by atomic mass is 10.1. The first kappa shape index (κ1) is 20.1. The van der Waals surface area contributed by atoms with E-state index in [0.29, 0.717) is 30.0 Å². The number of hydrogen-bond acceptors (Lipinski definition) is 5. The van der Waals surface area contributed by atoms with Gasteiger partial charge < -0.3 is 19.9 Å². The van der Waals surface area contributed by atoms with Gasteiger partial charge in [-0.2, -0.15) is 5.26 Å². The number of nitriles is 1. The Balaban J connectivity index is 2.00. The van der Waals surface area contributed by atoms with Gasteiger partial charge in [0.05, 0.1) is 19.2 Å². The van der Waals surface area contributed by atoms with E-state index in [2.05, 4.69) is 5.32 Å². The zero-order valence-corrected chi connectivity index (χ0v) is 15.7. The molecule has 0 aliphatic carbocycles. The van der Waals surface area contributed by atoms with Crippen molar-refractivity contribution in [1.82, 2.24) is 5.32 Å². The summed E-state index contributed by atoms with van der Waals surface area (Å²) in [4.78, 5) is 12.2. The highest BCUT2D eigenvalue weighted by atomic mass is 35.5. The molecule has 0 saturated heterocycles. The average molecular weight is 387 g/mol. The summed E-state index contributed by atoms with van der Waals surface area (Å²) in [6, 6.07) is 11.8. The minimum atomic E-state index is -0.484. The maximum atomic E-state index is 12.2. The number of phenolic OH excluding ortho intramolecular Hbond substituents is 1. The molecular formula is C20H19ClN2O4. The molecule has 2 N–H and O–H groups in total. The van der Waals surface area contributed by atoms with Crippen LogP contribution in [0.1, 0.15) is 11.1 Å². The number of halogens is 1. The van der Waals surface area contributed by atoms with Crippen molar-refractivity contribution in [2.45, 2.75) is 6.42 Å². The quantitative estimate of drug-likeness (QED) is 0.562. The number of rotatable bonds is 7. The van der Waals surface area contributed by atoms with E-state index >= 15 is 0 Å². The third-order valence-electron chi connectivity index (χ3n) is 3.80. The molecule has 0 aliphatic rings. The van der Waals surface area contributed by atoms with Gasteiger partial charge in [0.15, 0.2) is 11.5 Å². The maximum absolute atomic E-state index is 12.2. The summed E-state index contributed by atoms with van der Waals surface area (Å²) < 4.78 is 10.4. The molecule has 0 atom stereocenters. The summed E-state index contributed by atoms with van der Waals surface area (Å²) in [5.41, 5.74) is 1.45. The molecule has 0 unspecified atom stereocenters. The molecule has 1 amide bonds. The van der Waals surface area contributed by atoms with Gasteiger partial charge >= 0.3 is 0 Å². The Morgan fingerprint density at radius 3 is 2.59 bits per heavy atom. The topological polar surface area (TPSA) is 91.6 Å². The fourth-order valence-electron chi connectivity index (χ4n) is 2.38. The molecule has 0 spiro atoms. The van der Waals surface area contributed by atoms with Crippen LogP contribution in [-0.4, -0.2) is 31.8 Å². The Morgan fingerprint density at radius 2 is 1.96 bits per heavy atom. The highest BCUT2D eigenvalue weighted by Crippen LogP contribution is 2.27. The summed E-state index contributed by atoms with van der Waals surface area (Å²) in [5, 5.41) is 21.5. The molecule has 27 heavy (non-hydrogen) atoms. The normalized spacial score (nSPS) is 10.8. The first-order valence-corrected chi connectivity index (χ1v) is 8.45. The van der Waals surface area contributed by atoms with Gasteiger partial charge in [-0.25, -0.2) is 0 Å². The number of carbonyl (C=O) groups excluding carboxylic acids is 1. The molecule has 0 aromatic heterocycles. The number of ether oxygens (including phenoxy) is 2. The second-order valence-corrected chi connectivity index (χ2v) is 5.98. The molecule has 7 heteroatoms. The van der Waals surface area contributed by atoms with E-state index in [9.17, 15) is 15.2 Å². The molecule has 0 radical (unpaired) electrons. The number of hydrogen-bond donors (Lipinski definition) is 2. The molecule has 0 saturated carbocycles. The molecule has 2 aromatic rings. The van der Waals surface area contributed by atoms with Crippen LogP contribution in [-0.2, 0) is 11.2 Å². The number of methoxy groups -OCH3 is 2. The van der Waals surface area contributed by atoms with Crippen molar-refractivity contribution in [2.75, 3.05) is 20.8 Å². The third kappa shape index (κ3) is 5.40. The Kier molecular flexibility index (Phi) is 7.09. The number of aromatic hydroxyl groups is 1. The van der Waals surface area contributed by atoms with Crippen molar-refractivity contribution in [3.8, 4) is 23.3 Å². The van der Waals surface area contributed by atoms with Crippen LogP contribution < -0.4 is 14.8 Å². The van der Waals surface area contributed by atoms with E-state index in [1.165, 1.54) is 18.2 Å². The van der Waals surface area contributed by atoms with Gasteiger partial charge in [-0.1, -0.05) is 23.7 Å². The Morgan fingerprint density at radius 1 is 1.22 bits per heavy atom. The van der Waals surface area contributed by atoms with Gasteiger partial charge in [0.1, 0.15) is 17.4 Å². The minimum absolute atomic E-state index is 0.0518. The maximum Gasteiger partial charge on any atom is 0.261 e. The van der Waals surface area contributed by atoms with Gasteiger partial charge in [-0.05, 0) is 47.9 Å². The Hall–Kier alpha value is -3.17. The van der Waals surface area contributed by atoms with Crippen LogP contribution in [0.4, 0.5) is 0 Å². The highest BCUT2D eigenvalue weighted by molar-refractivity contribution is 6.32. The Bertz CT molecular complexity index is 903. The van der Waals surface area contributed by atoms with Gasteiger partial charge in [0.2, 0.25) is 0 Å². The highest BCUT2D eigenvalue weighted by Gasteiger charge is 2.10. The third-order valence-corrected chi connectivity index (χ3v) is 4.10. The second-order valence-electron chi connectivity index (χ2n) is 5.58. The van der Waals surface area contributed by atoms with Crippen molar-refractivity contribution in [3.63, 3.8) is 0 Å². The van der Waals surface area contributed by atoms with E-state index in [1.807, 2.05) is 18.2 Å². The first-order valence-electron chi connectivity index (χ1n) is 8.08. The van der Waals surface area contributed by atoms with Gasteiger partial charge in [-0.15, -0.1) is 0 Å². The van der Waals surface area contributed by atoms with Crippen LogP contribution >= 0.6 is 11.6 Å². The van der Waals surface area contributed by atoms with Crippen LogP contribution in [0.2, 0.25) is 5.02 Å². The summed E-state index contributed by atoms with van der Waals surface area (Å²) >= 11 is 5.84. The van der Waals surface area contributed by atoms with Gasteiger partial charge in [-0.3, -0.25) is 4.79 Å². The SMILES string of the molecule is COc1ccc(CCNC(=O)C(C#N)=Cc2ccc(O)c(Cl)c2)cc1OC. The number of amides is 1. The van der Waals surface area contributed by atoms with E-state index in [-0.39, 0.29) is 16.3 Å². The fraction of sp³-hybridized carbons (Fsp3) is 0.200. The van der Waals surface area contributed by atoms with E-state index in [0.717, 1.165) is 5.56 Å². The predicted molar refractivity (Wildman–Crippen MR) is 103 cm³/mol. The monoisotopic (exact) mass is 386 g/mol. The zero-order chi connectivity index (χ0) is 19.8. The first-order chi connectivity index (χ1) is 13.0. The standard InChI is InChI=1S/C20H19ClN2O4/c1-26-18-6-4-13(11-19(18)27-2)7-8-23-20(25)15(12-22)9-14-3-5-17(24)16(21)10-14/h3-6,9-11,24H,7-8H2,1-2H3,(H,23,25). The van der Waals surface area contributed by atoms with Crippen molar-refractivity contribution in [1.29, 1.82) is 5.26 Å². The van der Waals surface area contributed by atoms with Crippen molar-refractivity contribution in [2.24, 2.45) is 0 Å². The molecular weight excluding hydrogens is 368 g/mol. The lowest BCUT2D eigenvalue weighted by Crippen LogP contribution is -2.26. The largest absolute Gasteiger partial charge is 0.506 e. The lowest BCUT2D eigenvalue weighted by Gasteiger charge is -2.10. The van der Waals surface area contributed by atoms with Crippen LogP contribution in [0.5, 0.6) is 17.2 Å². The molecule has 140 valence electrons. The predicted octanol–water partition coefficient (Wildman–Crippen LogP) is 3.33. The van der Waals surface area contributed by atoms with Crippen molar-refractivity contribution < 1.29 is 19.4 Å². The zero-order valence-electron chi connectivity index (χ0n) is 15.0. The number of nitrogens with one attached hydrogen (secondary N) is 1. The average Bonchev–Trinajstić information content (AvgIpc) is 2.68. The van der Waals surface area contributed by atoms with Crippen molar-refractivity contribution >= 4 is 23.6 Å². The number of phenols is 1. The lowest BCUT2D eigenvalue weighted by molar-refractivity contribution is -0.117. The summed E-state index contributed by atoms with van der Waals surface area (Å²) in [7, 11) is 3.12. The molecule has 2 aromatic carbocycles. The summed E-state index contributed by atoms with van der Waals surface area (Å²) in [6.45, 7) is 0.351. The molecule has 0 bridgehead atoms. The van der Waals surface area contributed by atoms with Crippen molar-refractivity contribution in [3.05, 3.63) is 58.1 Å². The van der Waals surface area contributed by atoms with Crippen LogP contribution in [0.25, 0.3) is 6.08 Å². The van der Waals surface area contributed by atoms with E-state index < -0.39 is 5.91 Å². The summed E-state index contributed by atoms with van der Waals surface area (Å²) in [5.74, 6) is 0.699. The molecule has 0 aliphatic heterocycles. The Labute approximate surface area is 162 Å². The molecule has 6 nitrogen and oxygen atoms in total. The second kappa shape index (κ2) is 9.51. The smallest absolute Gasteiger partial charge is 0.261 e. The fourth-order valence-corrected chi connectivity index (χ4v) is 2.57. The number of nitrogens with zero attached hydrogens (tertiary/aromatic N) is 1. The molecule has 2 rings (SSSR count). The van der Waals surface area contributed by atoms with Gasteiger partial charge in [0, 0.05) is 6.54 Å². The van der Waals surface area contributed by atoms with Crippen LogP contribution in [0, 0.1) is 11.3 Å². The van der Waals surface area contributed by atoms with Crippen LogP contribution in [0.3, 0.4) is 0 Å². The van der Waals surface area contributed by atoms with Gasteiger partial charge in [0.25, 0.3) is 5.91 Å². The van der Waals surface area contributed by atoms with Crippen LogP contribution in [0.15, 0.2) is 42.0 Å². The number of benzene rings is 2. The number of carbonyl (C=O) groups is 1. The van der Waals surface area contributed by atoms with E-state index in [4.69, 9.17) is 21.1 Å². The molecule has 0 fully saturated rings. The van der Waals surface area contributed by atoms with E-state index in [1.54, 1.807) is 26.4 Å². The minimum Gasteiger partial charge on any atom is -0.506 e. The molecule has 0 heterocycles.